The van der Waals surface area contributed by atoms with Crippen LogP contribution in [0.3, 0.4) is 0 Å². The van der Waals surface area contributed by atoms with Crippen LogP contribution in [0.2, 0.25) is 0 Å². The van der Waals surface area contributed by atoms with E-state index >= 15 is 0 Å². The fourth-order valence-corrected chi connectivity index (χ4v) is 4.62. The molecular formula is C25H29N7O2. The van der Waals surface area contributed by atoms with Gasteiger partial charge in [-0.3, -0.25) is 14.3 Å². The summed E-state index contributed by atoms with van der Waals surface area (Å²) < 4.78 is 1.69. The Labute approximate surface area is 198 Å². The van der Waals surface area contributed by atoms with Crippen LogP contribution in [0.15, 0.2) is 30.5 Å². The first-order chi connectivity index (χ1) is 16.4. The number of anilines is 1. The second kappa shape index (κ2) is 10.1. The lowest BCUT2D eigenvalue weighted by molar-refractivity contribution is -0.117. The molecule has 2 aliphatic carbocycles. The molecule has 1 aromatic heterocycles. The lowest BCUT2D eigenvalue weighted by Gasteiger charge is -2.39. The summed E-state index contributed by atoms with van der Waals surface area (Å²) in [4.78, 5) is 24.2. The Kier molecular flexibility index (Phi) is 6.95. The third kappa shape index (κ3) is 5.27. The molecule has 2 amide bonds. The Balaban J connectivity index is 1.39. The smallest absolute Gasteiger partial charge is 0.254 e. The van der Waals surface area contributed by atoms with Gasteiger partial charge in [0.1, 0.15) is 5.56 Å². The van der Waals surface area contributed by atoms with Crippen LogP contribution in [0.5, 0.6) is 0 Å². The molecule has 0 atom stereocenters. The van der Waals surface area contributed by atoms with E-state index in [4.69, 9.17) is 11.0 Å². The Bertz CT molecular complexity index is 1130. The maximum Gasteiger partial charge on any atom is 0.254 e. The van der Waals surface area contributed by atoms with Crippen LogP contribution in [0, 0.1) is 34.5 Å². The largest absolute Gasteiger partial charge is 0.365 e. The SMILES string of the molecule is N#CCC1(n2cc(C(N)=O)c(NC(=O)C3CC3)n2)CCC(CNCc2ccc(C#N)cc2)CC1. The molecule has 0 saturated heterocycles. The topological polar surface area (TPSA) is 150 Å². The molecule has 0 aliphatic heterocycles. The average Bonchev–Trinajstić information content (AvgIpc) is 3.61. The van der Waals surface area contributed by atoms with Gasteiger partial charge < -0.3 is 16.4 Å². The molecule has 2 fully saturated rings. The van der Waals surface area contributed by atoms with Crippen molar-refractivity contribution in [3.63, 3.8) is 0 Å². The van der Waals surface area contributed by atoms with Gasteiger partial charge in [-0.1, -0.05) is 12.1 Å². The monoisotopic (exact) mass is 459 g/mol. The number of primary amides is 1. The summed E-state index contributed by atoms with van der Waals surface area (Å²) in [5.74, 6) is -0.159. The van der Waals surface area contributed by atoms with Crippen molar-refractivity contribution in [1.82, 2.24) is 15.1 Å². The molecule has 9 nitrogen and oxygen atoms in total. The van der Waals surface area contributed by atoms with Gasteiger partial charge in [0.2, 0.25) is 5.91 Å². The van der Waals surface area contributed by atoms with E-state index < -0.39 is 11.4 Å². The van der Waals surface area contributed by atoms with Crippen LogP contribution in [0.1, 0.15) is 66.4 Å². The Morgan fingerprint density at radius 3 is 2.44 bits per heavy atom. The minimum Gasteiger partial charge on any atom is -0.365 e. The summed E-state index contributed by atoms with van der Waals surface area (Å²) in [6.07, 6.45) is 6.88. The van der Waals surface area contributed by atoms with E-state index in [1.807, 2.05) is 24.3 Å². The number of hydrogen-bond donors (Lipinski definition) is 3. The Hall–Kier alpha value is -3.69. The van der Waals surface area contributed by atoms with Gasteiger partial charge in [-0.25, -0.2) is 0 Å². The van der Waals surface area contributed by atoms with Crippen molar-refractivity contribution in [2.45, 2.75) is 57.0 Å². The highest BCUT2D eigenvalue weighted by molar-refractivity contribution is 6.02. The van der Waals surface area contributed by atoms with Crippen molar-refractivity contribution in [2.24, 2.45) is 17.6 Å². The zero-order valence-electron chi connectivity index (χ0n) is 19.1. The van der Waals surface area contributed by atoms with E-state index in [2.05, 4.69) is 27.9 Å². The first-order valence-electron chi connectivity index (χ1n) is 11.7. The van der Waals surface area contributed by atoms with Crippen LogP contribution in [0.25, 0.3) is 0 Å². The van der Waals surface area contributed by atoms with E-state index in [1.54, 1.807) is 10.9 Å². The van der Waals surface area contributed by atoms with Gasteiger partial charge in [0.25, 0.3) is 5.91 Å². The lowest BCUT2D eigenvalue weighted by Crippen LogP contribution is -2.40. The first kappa shape index (κ1) is 23.5. The maximum absolute atomic E-state index is 12.2. The van der Waals surface area contributed by atoms with E-state index in [-0.39, 0.29) is 29.6 Å². The standard InChI is InChI=1S/C25H29N7O2/c26-12-11-25(32-16-21(22(28)33)23(31-32)30-24(34)20-5-6-20)9-7-19(8-10-25)15-29-14-18-3-1-17(13-27)2-4-18/h1-4,16,19-20,29H,5-11,14-15H2,(H2,28,33)(H,30,31,34). The second-order valence-corrected chi connectivity index (χ2v) is 9.41. The summed E-state index contributed by atoms with van der Waals surface area (Å²) in [6, 6.07) is 12.0. The van der Waals surface area contributed by atoms with Crippen LogP contribution in [0.4, 0.5) is 5.82 Å². The molecule has 2 saturated carbocycles. The van der Waals surface area contributed by atoms with Gasteiger partial charge in [-0.2, -0.15) is 15.6 Å². The molecule has 176 valence electrons. The summed E-state index contributed by atoms with van der Waals surface area (Å²) in [5, 5.41) is 29.2. The molecule has 4 N–H and O–H groups in total. The fourth-order valence-electron chi connectivity index (χ4n) is 4.62. The first-order valence-corrected chi connectivity index (χ1v) is 11.7. The van der Waals surface area contributed by atoms with E-state index in [0.717, 1.165) is 57.2 Å². The Morgan fingerprint density at radius 1 is 1.15 bits per heavy atom. The van der Waals surface area contributed by atoms with Gasteiger partial charge >= 0.3 is 0 Å². The van der Waals surface area contributed by atoms with Gasteiger partial charge in [0, 0.05) is 18.7 Å². The molecule has 4 rings (SSSR count). The molecule has 0 bridgehead atoms. The van der Waals surface area contributed by atoms with Gasteiger partial charge in [0.15, 0.2) is 5.82 Å². The highest BCUT2D eigenvalue weighted by Gasteiger charge is 2.39. The number of rotatable bonds is 9. The molecule has 1 aromatic carbocycles. The molecule has 0 spiro atoms. The number of nitriles is 2. The van der Waals surface area contributed by atoms with E-state index in [1.165, 1.54) is 0 Å². The molecule has 0 unspecified atom stereocenters. The van der Waals surface area contributed by atoms with Gasteiger partial charge in [-0.05, 0) is 68.7 Å². The van der Waals surface area contributed by atoms with Crippen molar-refractivity contribution < 1.29 is 9.59 Å². The van der Waals surface area contributed by atoms with E-state index in [0.29, 0.717) is 11.5 Å². The van der Waals surface area contributed by atoms with Crippen LogP contribution in [-0.2, 0) is 16.9 Å². The highest BCUT2D eigenvalue weighted by atomic mass is 16.2. The minimum atomic E-state index is -0.648. The third-order valence-corrected chi connectivity index (χ3v) is 6.94. The van der Waals surface area contributed by atoms with E-state index in [9.17, 15) is 14.9 Å². The number of carbonyl (C=O) groups is 2. The zero-order valence-corrected chi connectivity index (χ0v) is 19.1. The number of nitrogens with two attached hydrogens (primary N) is 1. The van der Waals surface area contributed by atoms with Crippen molar-refractivity contribution >= 4 is 17.6 Å². The molecule has 34 heavy (non-hydrogen) atoms. The molecule has 1 heterocycles. The summed E-state index contributed by atoms with van der Waals surface area (Å²) >= 11 is 0. The zero-order chi connectivity index (χ0) is 24.1. The molecule has 0 radical (unpaired) electrons. The second-order valence-electron chi connectivity index (χ2n) is 9.41. The predicted molar refractivity (Wildman–Crippen MR) is 125 cm³/mol. The van der Waals surface area contributed by atoms with Crippen molar-refractivity contribution in [1.29, 1.82) is 10.5 Å². The van der Waals surface area contributed by atoms with Crippen molar-refractivity contribution in [2.75, 3.05) is 11.9 Å². The molecular weight excluding hydrogens is 430 g/mol. The fraction of sp³-hybridized carbons (Fsp3) is 0.480. The molecule has 2 aliphatic rings. The number of amides is 2. The number of nitrogens with zero attached hydrogens (tertiary/aromatic N) is 4. The summed E-state index contributed by atoms with van der Waals surface area (Å²) in [6.45, 7) is 1.59. The highest BCUT2D eigenvalue weighted by Crippen LogP contribution is 2.40. The molecule has 2 aromatic rings. The van der Waals surface area contributed by atoms with Crippen LogP contribution < -0.4 is 16.4 Å². The quantitative estimate of drug-likeness (QED) is 0.525. The maximum atomic E-state index is 12.2. The summed E-state index contributed by atoms with van der Waals surface area (Å²) in [7, 11) is 0. The number of aromatic nitrogens is 2. The minimum absolute atomic E-state index is 0.0221. The van der Waals surface area contributed by atoms with Gasteiger partial charge in [0.05, 0.1) is 29.7 Å². The van der Waals surface area contributed by atoms with Crippen LogP contribution in [-0.4, -0.2) is 28.1 Å². The Morgan fingerprint density at radius 2 is 1.85 bits per heavy atom. The van der Waals surface area contributed by atoms with Crippen molar-refractivity contribution in [3.8, 4) is 12.1 Å². The predicted octanol–water partition coefficient (Wildman–Crippen LogP) is 2.79. The average molecular weight is 460 g/mol. The number of nitrogens with one attached hydrogen (secondary N) is 2. The number of benzene rings is 1. The number of carbonyl (C=O) groups excluding carboxylic acids is 2. The molecule has 9 heteroatoms. The van der Waals surface area contributed by atoms with Crippen LogP contribution >= 0.6 is 0 Å². The van der Waals surface area contributed by atoms with Crippen molar-refractivity contribution in [3.05, 3.63) is 47.2 Å². The summed E-state index contributed by atoms with van der Waals surface area (Å²) in [5.41, 5.74) is 6.99. The third-order valence-electron chi connectivity index (χ3n) is 6.94. The number of hydrogen-bond acceptors (Lipinski definition) is 6. The van der Waals surface area contributed by atoms with Gasteiger partial charge in [-0.15, -0.1) is 0 Å². The normalized spacial score (nSPS) is 21.9. The lowest BCUT2D eigenvalue weighted by atomic mass is 9.75.